The van der Waals surface area contributed by atoms with Crippen molar-refractivity contribution in [3.8, 4) is 5.75 Å². The number of hydrogen-bond acceptors (Lipinski definition) is 4. The first-order chi connectivity index (χ1) is 10.1. The minimum Gasteiger partial charge on any atom is -0.497 e. The molecule has 1 aromatic heterocycles. The normalized spacial score (nSPS) is 12.4. The molecule has 114 valence electrons. The molecule has 5 nitrogen and oxygen atoms in total. The number of fused-ring (bicyclic) bond motifs is 1. The number of nitrogens with two attached hydrogens (primary N) is 1. The molecule has 0 fully saturated rings. The molecule has 0 aliphatic carbocycles. The summed E-state index contributed by atoms with van der Waals surface area (Å²) < 4.78 is 12.2. The van der Waals surface area contributed by atoms with Gasteiger partial charge in [0.2, 0.25) is 0 Å². The minimum atomic E-state index is -0.651. The summed E-state index contributed by atoms with van der Waals surface area (Å²) in [5.41, 5.74) is 8.06. The van der Waals surface area contributed by atoms with Crippen LogP contribution < -0.4 is 10.5 Å². The van der Waals surface area contributed by atoms with Gasteiger partial charge in [-0.3, -0.25) is 4.79 Å². The maximum atomic E-state index is 11.5. The Morgan fingerprint density at radius 2 is 2.14 bits per heavy atom. The summed E-state index contributed by atoms with van der Waals surface area (Å²) in [5, 5.41) is 1.07. The number of ether oxygens (including phenoxy) is 2. The van der Waals surface area contributed by atoms with Crippen molar-refractivity contribution in [2.24, 2.45) is 5.73 Å². The Kier molecular flexibility index (Phi) is 4.85. The molecular formula is C16H22N2O3. The van der Waals surface area contributed by atoms with Gasteiger partial charge in [0.1, 0.15) is 11.8 Å². The predicted molar refractivity (Wildman–Crippen MR) is 82.5 cm³/mol. The zero-order chi connectivity index (χ0) is 15.4. The highest BCUT2D eigenvalue weighted by Gasteiger charge is 2.18. The Hall–Kier alpha value is -2.01. The van der Waals surface area contributed by atoms with Crippen LogP contribution in [0.25, 0.3) is 10.9 Å². The summed E-state index contributed by atoms with van der Waals surface area (Å²) in [6.07, 6.45) is 3.56. The highest BCUT2D eigenvalue weighted by atomic mass is 16.5. The van der Waals surface area contributed by atoms with Gasteiger partial charge in [-0.2, -0.15) is 0 Å². The molecule has 5 heteroatoms. The fraction of sp³-hybridized carbons (Fsp3) is 0.438. The molecule has 0 spiro atoms. The van der Waals surface area contributed by atoms with Gasteiger partial charge in [-0.05, 0) is 30.2 Å². The predicted octanol–water partition coefficient (Wildman–Crippen LogP) is 2.10. The van der Waals surface area contributed by atoms with Gasteiger partial charge in [0.15, 0.2) is 0 Å². The van der Waals surface area contributed by atoms with E-state index in [2.05, 4.69) is 17.7 Å². The number of aromatic nitrogens is 1. The van der Waals surface area contributed by atoms with Crippen molar-refractivity contribution in [1.82, 2.24) is 4.57 Å². The molecule has 2 aromatic rings. The fourth-order valence-electron chi connectivity index (χ4n) is 2.54. The van der Waals surface area contributed by atoms with Crippen LogP contribution in [0.5, 0.6) is 5.75 Å². The van der Waals surface area contributed by atoms with Gasteiger partial charge in [-0.1, -0.05) is 6.92 Å². The lowest BCUT2D eigenvalue weighted by molar-refractivity contribution is -0.142. The number of esters is 1. The summed E-state index contributed by atoms with van der Waals surface area (Å²) in [6.45, 7) is 3.06. The third-order valence-electron chi connectivity index (χ3n) is 3.58. The van der Waals surface area contributed by atoms with E-state index < -0.39 is 12.0 Å². The van der Waals surface area contributed by atoms with Gasteiger partial charge in [0.25, 0.3) is 0 Å². The average molecular weight is 290 g/mol. The number of hydrogen-bond donors (Lipinski definition) is 1. The first-order valence-electron chi connectivity index (χ1n) is 7.09. The highest BCUT2D eigenvalue weighted by Crippen LogP contribution is 2.27. The van der Waals surface area contributed by atoms with E-state index in [9.17, 15) is 4.79 Å². The van der Waals surface area contributed by atoms with Crippen LogP contribution in [0.3, 0.4) is 0 Å². The van der Waals surface area contributed by atoms with Crippen molar-refractivity contribution in [2.45, 2.75) is 32.4 Å². The van der Waals surface area contributed by atoms with Crippen LogP contribution in [0.2, 0.25) is 0 Å². The molecule has 0 bridgehead atoms. The van der Waals surface area contributed by atoms with E-state index in [-0.39, 0.29) is 0 Å². The number of benzene rings is 1. The second-order valence-electron chi connectivity index (χ2n) is 5.06. The molecule has 2 N–H and O–H groups in total. The average Bonchev–Trinajstić information content (AvgIpc) is 2.84. The van der Waals surface area contributed by atoms with Crippen molar-refractivity contribution >= 4 is 16.9 Å². The maximum absolute atomic E-state index is 11.5. The number of nitrogens with zero attached hydrogens (tertiary/aromatic N) is 1. The van der Waals surface area contributed by atoms with Crippen LogP contribution in [0.1, 0.15) is 18.9 Å². The number of carbonyl (C=O) groups excluding carboxylic acids is 1. The summed E-state index contributed by atoms with van der Waals surface area (Å²) in [5.74, 6) is 0.402. The van der Waals surface area contributed by atoms with E-state index in [1.165, 1.54) is 7.11 Å². The Labute approximate surface area is 124 Å². The lowest BCUT2D eigenvalue weighted by Gasteiger charge is -2.08. The van der Waals surface area contributed by atoms with Gasteiger partial charge in [0, 0.05) is 30.1 Å². The zero-order valence-corrected chi connectivity index (χ0v) is 12.8. The lowest BCUT2D eigenvalue weighted by atomic mass is 10.1. The maximum Gasteiger partial charge on any atom is 0.322 e. The third-order valence-corrected chi connectivity index (χ3v) is 3.58. The molecule has 0 aliphatic heterocycles. The molecule has 0 saturated heterocycles. The van der Waals surface area contributed by atoms with Crippen LogP contribution in [0.4, 0.5) is 0 Å². The summed E-state index contributed by atoms with van der Waals surface area (Å²) in [4.78, 5) is 11.5. The van der Waals surface area contributed by atoms with Crippen molar-refractivity contribution < 1.29 is 14.3 Å². The van der Waals surface area contributed by atoms with Crippen LogP contribution in [0.15, 0.2) is 24.4 Å². The quantitative estimate of drug-likeness (QED) is 0.827. The van der Waals surface area contributed by atoms with Crippen molar-refractivity contribution in [3.63, 3.8) is 0 Å². The smallest absolute Gasteiger partial charge is 0.322 e. The first kappa shape index (κ1) is 15.4. The number of methoxy groups -OCH3 is 2. The van der Waals surface area contributed by atoms with Gasteiger partial charge in [-0.15, -0.1) is 0 Å². The van der Waals surface area contributed by atoms with E-state index in [4.69, 9.17) is 15.2 Å². The Bertz CT molecular complexity index is 634. The molecule has 0 radical (unpaired) electrons. The Morgan fingerprint density at radius 1 is 1.38 bits per heavy atom. The molecule has 1 heterocycles. The largest absolute Gasteiger partial charge is 0.497 e. The first-order valence-corrected chi connectivity index (χ1v) is 7.09. The van der Waals surface area contributed by atoms with Crippen molar-refractivity contribution in [2.75, 3.05) is 14.2 Å². The topological polar surface area (TPSA) is 66.5 Å². The van der Waals surface area contributed by atoms with Crippen LogP contribution >= 0.6 is 0 Å². The molecule has 0 amide bonds. The summed E-state index contributed by atoms with van der Waals surface area (Å²) >= 11 is 0. The lowest BCUT2D eigenvalue weighted by Crippen LogP contribution is -2.33. The second-order valence-corrected chi connectivity index (χ2v) is 5.06. The molecule has 21 heavy (non-hydrogen) atoms. The molecule has 0 aliphatic rings. The molecule has 0 saturated carbocycles. The van der Waals surface area contributed by atoms with E-state index in [1.807, 2.05) is 18.2 Å². The van der Waals surface area contributed by atoms with E-state index in [0.29, 0.717) is 6.42 Å². The molecule has 1 unspecified atom stereocenters. The SMILES string of the molecule is CCCn1cc(CC(N)C(=O)OC)c2cc(OC)ccc21. The molecule has 2 rings (SSSR count). The second kappa shape index (κ2) is 6.63. The van der Waals surface area contributed by atoms with Gasteiger partial charge >= 0.3 is 5.97 Å². The monoisotopic (exact) mass is 290 g/mol. The standard InChI is InChI=1S/C16H22N2O3/c1-4-7-18-10-11(8-14(17)16(19)21-3)13-9-12(20-2)5-6-15(13)18/h5-6,9-10,14H,4,7-8,17H2,1-3H3. The van der Waals surface area contributed by atoms with Crippen molar-refractivity contribution in [1.29, 1.82) is 0 Å². The van der Waals surface area contributed by atoms with Crippen molar-refractivity contribution in [3.05, 3.63) is 30.0 Å². The Balaban J connectivity index is 2.43. The van der Waals surface area contributed by atoms with Crippen LogP contribution in [-0.4, -0.2) is 30.8 Å². The van der Waals surface area contributed by atoms with E-state index in [1.54, 1.807) is 7.11 Å². The Morgan fingerprint density at radius 3 is 2.76 bits per heavy atom. The van der Waals surface area contributed by atoms with Gasteiger partial charge < -0.3 is 19.8 Å². The fourth-order valence-corrected chi connectivity index (χ4v) is 2.54. The molecule has 1 aromatic carbocycles. The molecular weight excluding hydrogens is 268 g/mol. The van der Waals surface area contributed by atoms with Gasteiger partial charge in [-0.25, -0.2) is 0 Å². The minimum absolute atomic E-state index is 0.394. The van der Waals surface area contributed by atoms with E-state index in [0.717, 1.165) is 35.2 Å². The highest BCUT2D eigenvalue weighted by molar-refractivity contribution is 5.86. The third kappa shape index (κ3) is 3.19. The number of aryl methyl sites for hydroxylation is 1. The van der Waals surface area contributed by atoms with E-state index >= 15 is 0 Å². The summed E-state index contributed by atoms with van der Waals surface area (Å²) in [7, 11) is 3.00. The zero-order valence-electron chi connectivity index (χ0n) is 12.8. The number of rotatable bonds is 6. The van der Waals surface area contributed by atoms with Crippen LogP contribution in [0, 0.1) is 0 Å². The van der Waals surface area contributed by atoms with Crippen LogP contribution in [-0.2, 0) is 22.5 Å². The van der Waals surface area contributed by atoms with Gasteiger partial charge in [0.05, 0.1) is 14.2 Å². The number of carbonyl (C=O) groups is 1. The summed E-state index contributed by atoms with van der Waals surface area (Å²) in [6, 6.07) is 5.32. The molecule has 1 atom stereocenters.